The number of para-hydroxylation sites is 1. The van der Waals surface area contributed by atoms with Crippen molar-refractivity contribution in [2.24, 2.45) is 0 Å². The van der Waals surface area contributed by atoms with Gasteiger partial charge >= 0.3 is 0 Å². The van der Waals surface area contributed by atoms with Crippen LogP contribution in [-0.4, -0.2) is 9.97 Å². The molecule has 0 saturated carbocycles. The molecular formula is C11H11N3OS. The fraction of sp³-hybridized carbons (Fsp3) is 0.0909. The van der Waals surface area contributed by atoms with Crippen LogP contribution >= 0.6 is 11.8 Å². The number of benzene rings is 1. The highest BCUT2D eigenvalue weighted by molar-refractivity contribution is 7.99. The van der Waals surface area contributed by atoms with Gasteiger partial charge < -0.3 is 10.7 Å². The Balaban J connectivity index is 2.34. The lowest BCUT2D eigenvalue weighted by molar-refractivity contribution is 0.905. The van der Waals surface area contributed by atoms with Crippen LogP contribution in [0.1, 0.15) is 5.69 Å². The number of H-pyrrole nitrogens is 1. The second kappa shape index (κ2) is 4.40. The van der Waals surface area contributed by atoms with Crippen molar-refractivity contribution in [1.29, 1.82) is 0 Å². The van der Waals surface area contributed by atoms with Crippen LogP contribution < -0.4 is 11.3 Å². The first-order chi connectivity index (χ1) is 7.65. The highest BCUT2D eigenvalue weighted by Gasteiger charge is 2.03. The maximum Gasteiger partial charge on any atom is 0.251 e. The van der Waals surface area contributed by atoms with Gasteiger partial charge in [0.15, 0.2) is 5.16 Å². The molecule has 0 radical (unpaired) electrons. The van der Waals surface area contributed by atoms with Gasteiger partial charge in [0.2, 0.25) is 0 Å². The summed E-state index contributed by atoms with van der Waals surface area (Å²) in [5, 5.41) is 0.558. The van der Waals surface area contributed by atoms with E-state index >= 15 is 0 Å². The summed E-state index contributed by atoms with van der Waals surface area (Å²) >= 11 is 1.35. The van der Waals surface area contributed by atoms with Crippen LogP contribution in [0.3, 0.4) is 0 Å². The molecule has 1 aromatic heterocycles. The largest absolute Gasteiger partial charge is 0.398 e. The van der Waals surface area contributed by atoms with E-state index in [1.54, 1.807) is 6.92 Å². The lowest BCUT2D eigenvalue weighted by atomic mass is 10.3. The van der Waals surface area contributed by atoms with E-state index in [1.807, 2.05) is 24.3 Å². The lowest BCUT2D eigenvalue weighted by Gasteiger charge is -2.04. The van der Waals surface area contributed by atoms with Crippen molar-refractivity contribution >= 4 is 17.4 Å². The van der Waals surface area contributed by atoms with E-state index in [1.165, 1.54) is 17.8 Å². The Morgan fingerprint density at radius 3 is 2.81 bits per heavy atom. The van der Waals surface area contributed by atoms with Gasteiger partial charge in [0.25, 0.3) is 5.56 Å². The first-order valence-corrected chi connectivity index (χ1v) is 5.57. The molecule has 3 N–H and O–H groups in total. The summed E-state index contributed by atoms with van der Waals surface area (Å²) in [5.74, 6) is 0. The zero-order valence-corrected chi connectivity index (χ0v) is 9.54. The Kier molecular flexibility index (Phi) is 2.96. The van der Waals surface area contributed by atoms with Crippen LogP contribution in [0.4, 0.5) is 5.69 Å². The van der Waals surface area contributed by atoms with Crippen LogP contribution in [0.15, 0.2) is 45.2 Å². The molecule has 82 valence electrons. The normalized spacial score (nSPS) is 10.3. The second-order valence-electron chi connectivity index (χ2n) is 3.33. The maximum atomic E-state index is 11.2. The number of nitrogen functional groups attached to an aromatic ring is 1. The van der Waals surface area contributed by atoms with E-state index in [-0.39, 0.29) is 5.56 Å². The average Bonchev–Trinajstić information content (AvgIpc) is 2.20. The van der Waals surface area contributed by atoms with Gasteiger partial charge in [-0.2, -0.15) is 0 Å². The Morgan fingerprint density at radius 1 is 1.38 bits per heavy atom. The van der Waals surface area contributed by atoms with E-state index in [4.69, 9.17) is 5.73 Å². The molecule has 0 saturated heterocycles. The third-order valence-corrected chi connectivity index (χ3v) is 2.95. The zero-order valence-electron chi connectivity index (χ0n) is 8.73. The van der Waals surface area contributed by atoms with Crippen molar-refractivity contribution < 1.29 is 0 Å². The average molecular weight is 233 g/mol. The molecule has 0 atom stereocenters. The first-order valence-electron chi connectivity index (χ1n) is 4.75. The quantitative estimate of drug-likeness (QED) is 0.613. The molecule has 1 aromatic carbocycles. The van der Waals surface area contributed by atoms with Gasteiger partial charge in [0.05, 0.1) is 0 Å². The van der Waals surface area contributed by atoms with Crippen molar-refractivity contribution in [3.05, 3.63) is 46.4 Å². The minimum absolute atomic E-state index is 0.149. The predicted molar refractivity (Wildman–Crippen MR) is 64.6 cm³/mol. The molecule has 2 rings (SSSR count). The molecule has 1 heterocycles. The fourth-order valence-corrected chi connectivity index (χ4v) is 2.16. The van der Waals surface area contributed by atoms with E-state index < -0.39 is 0 Å². The standard InChI is InChI=1S/C11H11N3OS/c1-7-6-10(15)14-11(13-7)16-9-5-3-2-4-8(9)12/h2-6H,12H2,1H3,(H,13,14,15). The highest BCUT2D eigenvalue weighted by Crippen LogP contribution is 2.28. The molecule has 0 amide bonds. The molecule has 0 spiro atoms. The van der Waals surface area contributed by atoms with Gasteiger partial charge in [-0.1, -0.05) is 12.1 Å². The number of aryl methyl sites for hydroxylation is 1. The third kappa shape index (κ3) is 2.43. The van der Waals surface area contributed by atoms with Crippen molar-refractivity contribution in [1.82, 2.24) is 9.97 Å². The summed E-state index contributed by atoms with van der Waals surface area (Å²) in [6, 6.07) is 8.93. The van der Waals surface area contributed by atoms with Gasteiger partial charge in [-0.15, -0.1) is 0 Å². The summed E-state index contributed by atoms with van der Waals surface area (Å²) in [7, 11) is 0. The van der Waals surface area contributed by atoms with Gasteiger partial charge in [-0.25, -0.2) is 4.98 Å². The van der Waals surface area contributed by atoms with E-state index in [0.29, 0.717) is 16.5 Å². The summed E-state index contributed by atoms with van der Waals surface area (Å²) in [5.41, 5.74) is 7.03. The molecule has 2 aromatic rings. The molecule has 0 unspecified atom stereocenters. The summed E-state index contributed by atoms with van der Waals surface area (Å²) < 4.78 is 0. The molecule has 5 heteroatoms. The Hall–Kier alpha value is -1.75. The second-order valence-corrected chi connectivity index (χ2v) is 4.36. The van der Waals surface area contributed by atoms with E-state index in [0.717, 1.165) is 4.90 Å². The maximum absolute atomic E-state index is 11.2. The van der Waals surface area contributed by atoms with Crippen LogP contribution in [0.5, 0.6) is 0 Å². The first kappa shape index (κ1) is 10.8. The topological polar surface area (TPSA) is 71.8 Å². The number of aromatic nitrogens is 2. The molecular weight excluding hydrogens is 222 g/mol. The monoisotopic (exact) mass is 233 g/mol. The van der Waals surface area contributed by atoms with Gasteiger partial charge in [-0.05, 0) is 30.8 Å². The number of hydrogen-bond donors (Lipinski definition) is 2. The Bertz CT molecular complexity index is 565. The smallest absolute Gasteiger partial charge is 0.251 e. The zero-order chi connectivity index (χ0) is 11.5. The summed E-state index contributed by atoms with van der Waals surface area (Å²) in [6.45, 7) is 1.79. The number of nitrogens with zero attached hydrogens (tertiary/aromatic N) is 1. The van der Waals surface area contributed by atoms with Crippen molar-refractivity contribution in [3.8, 4) is 0 Å². The molecule has 0 aliphatic carbocycles. The van der Waals surface area contributed by atoms with E-state index in [2.05, 4.69) is 9.97 Å². The molecule has 0 aliphatic heterocycles. The van der Waals surface area contributed by atoms with Crippen LogP contribution in [0.25, 0.3) is 0 Å². The van der Waals surface area contributed by atoms with Gasteiger partial charge in [0.1, 0.15) is 0 Å². The molecule has 0 bridgehead atoms. The van der Waals surface area contributed by atoms with Crippen molar-refractivity contribution in [2.75, 3.05) is 5.73 Å². The Labute approximate surface area is 96.9 Å². The summed E-state index contributed by atoms with van der Waals surface area (Å²) in [6.07, 6.45) is 0. The SMILES string of the molecule is Cc1cc(=O)[nH]c(Sc2ccccc2N)n1. The van der Waals surface area contributed by atoms with Crippen LogP contribution in [0.2, 0.25) is 0 Å². The number of anilines is 1. The number of hydrogen-bond acceptors (Lipinski definition) is 4. The van der Waals surface area contributed by atoms with Gasteiger partial charge in [-0.3, -0.25) is 4.79 Å². The molecule has 16 heavy (non-hydrogen) atoms. The minimum Gasteiger partial charge on any atom is -0.398 e. The number of rotatable bonds is 2. The fourth-order valence-electron chi connectivity index (χ4n) is 1.28. The number of aromatic amines is 1. The molecule has 4 nitrogen and oxygen atoms in total. The highest BCUT2D eigenvalue weighted by atomic mass is 32.2. The number of nitrogens with one attached hydrogen (secondary N) is 1. The molecule has 0 aliphatic rings. The van der Waals surface area contributed by atoms with E-state index in [9.17, 15) is 4.79 Å². The van der Waals surface area contributed by atoms with Crippen LogP contribution in [-0.2, 0) is 0 Å². The third-order valence-electron chi connectivity index (χ3n) is 1.97. The summed E-state index contributed by atoms with van der Waals surface area (Å²) in [4.78, 5) is 19.0. The number of nitrogens with two attached hydrogens (primary N) is 1. The molecule has 0 fully saturated rings. The lowest BCUT2D eigenvalue weighted by Crippen LogP contribution is -2.08. The van der Waals surface area contributed by atoms with Crippen LogP contribution in [0, 0.1) is 6.92 Å². The van der Waals surface area contributed by atoms with Crippen molar-refractivity contribution in [3.63, 3.8) is 0 Å². The predicted octanol–water partition coefficient (Wildman–Crippen LogP) is 1.81. The minimum atomic E-state index is -0.149. The van der Waals surface area contributed by atoms with Crippen molar-refractivity contribution in [2.45, 2.75) is 17.0 Å². The van der Waals surface area contributed by atoms with Gasteiger partial charge in [0, 0.05) is 22.3 Å². The Morgan fingerprint density at radius 2 is 2.12 bits per heavy atom.